The van der Waals surface area contributed by atoms with E-state index in [4.69, 9.17) is 4.74 Å². The molecule has 0 unspecified atom stereocenters. The van der Waals surface area contributed by atoms with Crippen LogP contribution in [-0.4, -0.2) is 34.9 Å². The maximum atomic E-state index is 12.4. The lowest BCUT2D eigenvalue weighted by molar-refractivity contribution is -0.145. The maximum Gasteiger partial charge on any atom is 0.271 e. The highest BCUT2D eigenvalue weighted by Gasteiger charge is 2.62. The second-order valence-electron chi connectivity index (χ2n) is 5.74. The number of ether oxygens (including phenoxy) is 1. The third kappa shape index (κ3) is 1.77. The number of nitrogens with one attached hydrogen (secondary N) is 1. The van der Waals surface area contributed by atoms with Crippen molar-refractivity contribution >= 4 is 29.1 Å². The normalized spacial score (nSPS) is 33.7. The molecule has 7 heteroatoms. The summed E-state index contributed by atoms with van der Waals surface area (Å²) in [4.78, 5) is 37.9. The molecule has 21 heavy (non-hydrogen) atoms. The number of hydrogen-bond donors (Lipinski definition) is 1. The number of fused-ring (bicyclic) bond motifs is 5. The second kappa shape index (κ2) is 4.38. The summed E-state index contributed by atoms with van der Waals surface area (Å²) in [5.74, 6) is -1.93. The molecule has 3 aliphatic rings. The van der Waals surface area contributed by atoms with Crippen molar-refractivity contribution in [3.05, 3.63) is 21.9 Å². The lowest BCUT2D eigenvalue weighted by atomic mass is 9.81. The quantitative estimate of drug-likeness (QED) is 0.822. The molecule has 3 fully saturated rings. The Hall–Kier alpha value is -1.73. The van der Waals surface area contributed by atoms with Gasteiger partial charge in [0.15, 0.2) is 0 Å². The summed E-state index contributed by atoms with van der Waals surface area (Å²) in [5, 5.41) is 2.61. The Morgan fingerprint density at radius 1 is 1.29 bits per heavy atom. The Morgan fingerprint density at radius 3 is 2.43 bits per heavy atom. The third-order valence-corrected chi connectivity index (χ3v) is 5.35. The first-order valence-electron chi connectivity index (χ1n) is 6.95. The van der Waals surface area contributed by atoms with Gasteiger partial charge in [0.25, 0.3) is 17.7 Å². The van der Waals surface area contributed by atoms with Gasteiger partial charge in [-0.2, -0.15) is 5.01 Å². The Balaban J connectivity index is 1.55. The standard InChI is InChI=1S/C14H14N2O4S/c1-6-4-7(5-21-6)12(17)15-16-13(18)10-8-2-3-9(20-8)11(10)14(16)19/h4-5,8-11H,2-3H2,1H3,(H,15,17)/t8-,9-,10-,11-/m0/s1. The number of aryl methyl sites for hydroxylation is 1. The van der Waals surface area contributed by atoms with E-state index in [-0.39, 0.29) is 24.0 Å². The van der Waals surface area contributed by atoms with Crippen molar-refractivity contribution in [1.82, 2.24) is 10.4 Å². The van der Waals surface area contributed by atoms with Gasteiger partial charge in [0.1, 0.15) is 0 Å². The molecular formula is C14H14N2O4S. The second-order valence-corrected chi connectivity index (χ2v) is 6.86. The fourth-order valence-electron chi connectivity index (χ4n) is 3.55. The monoisotopic (exact) mass is 306 g/mol. The molecule has 6 nitrogen and oxygen atoms in total. The molecule has 0 spiro atoms. The van der Waals surface area contributed by atoms with Gasteiger partial charge < -0.3 is 4.74 Å². The highest BCUT2D eigenvalue weighted by molar-refractivity contribution is 7.10. The van der Waals surface area contributed by atoms with Crippen molar-refractivity contribution < 1.29 is 19.1 Å². The molecule has 3 saturated heterocycles. The zero-order valence-electron chi connectivity index (χ0n) is 11.4. The molecule has 1 aromatic rings. The molecule has 4 rings (SSSR count). The summed E-state index contributed by atoms with van der Waals surface area (Å²) in [5.41, 5.74) is 2.92. The lowest BCUT2D eigenvalue weighted by Gasteiger charge is -2.17. The maximum absolute atomic E-state index is 12.4. The van der Waals surface area contributed by atoms with Crippen molar-refractivity contribution in [3.8, 4) is 0 Å². The molecule has 0 saturated carbocycles. The Morgan fingerprint density at radius 2 is 1.90 bits per heavy atom. The minimum absolute atomic E-state index is 0.165. The van der Waals surface area contributed by atoms with E-state index in [0.717, 1.165) is 22.7 Å². The van der Waals surface area contributed by atoms with E-state index in [9.17, 15) is 14.4 Å². The summed E-state index contributed by atoms with van der Waals surface area (Å²) in [6.07, 6.45) is 1.30. The number of rotatable bonds is 2. The van der Waals surface area contributed by atoms with E-state index >= 15 is 0 Å². The zero-order chi connectivity index (χ0) is 14.7. The Bertz CT molecular complexity index is 627. The van der Waals surface area contributed by atoms with E-state index in [1.165, 1.54) is 11.3 Å². The number of carbonyl (C=O) groups is 3. The van der Waals surface area contributed by atoms with E-state index in [2.05, 4.69) is 5.43 Å². The predicted octanol–water partition coefficient (Wildman–Crippen LogP) is 0.864. The highest BCUT2D eigenvalue weighted by atomic mass is 32.1. The van der Waals surface area contributed by atoms with Gasteiger partial charge in [-0.1, -0.05) is 0 Å². The van der Waals surface area contributed by atoms with Gasteiger partial charge in [0.2, 0.25) is 0 Å². The molecule has 3 amide bonds. The van der Waals surface area contributed by atoms with Crippen LogP contribution < -0.4 is 5.43 Å². The van der Waals surface area contributed by atoms with Crippen LogP contribution in [0.2, 0.25) is 0 Å². The minimum Gasteiger partial charge on any atom is -0.373 e. The number of amides is 3. The molecule has 1 N–H and O–H groups in total. The van der Waals surface area contributed by atoms with Crippen LogP contribution in [0.15, 0.2) is 11.4 Å². The number of hydrogen-bond acceptors (Lipinski definition) is 5. The van der Waals surface area contributed by atoms with E-state index < -0.39 is 17.7 Å². The van der Waals surface area contributed by atoms with E-state index in [1.807, 2.05) is 6.92 Å². The number of imide groups is 1. The summed E-state index contributed by atoms with van der Waals surface area (Å²) in [6.45, 7) is 1.90. The van der Waals surface area contributed by atoms with Gasteiger partial charge in [-0.3, -0.25) is 19.8 Å². The number of carbonyl (C=O) groups excluding carboxylic acids is 3. The first-order chi connectivity index (χ1) is 10.1. The van der Waals surface area contributed by atoms with Gasteiger partial charge in [0, 0.05) is 10.3 Å². The third-order valence-electron chi connectivity index (χ3n) is 4.49. The molecule has 2 bridgehead atoms. The summed E-state index contributed by atoms with van der Waals surface area (Å²) in [7, 11) is 0. The highest BCUT2D eigenvalue weighted by Crippen LogP contribution is 2.48. The van der Waals surface area contributed by atoms with Gasteiger partial charge in [0.05, 0.1) is 29.6 Å². The Labute approximate surface area is 125 Å². The summed E-state index contributed by atoms with van der Waals surface area (Å²) < 4.78 is 5.64. The largest absolute Gasteiger partial charge is 0.373 e. The molecule has 4 atom stereocenters. The van der Waals surface area contributed by atoms with Crippen LogP contribution in [0.5, 0.6) is 0 Å². The van der Waals surface area contributed by atoms with Crippen LogP contribution in [-0.2, 0) is 14.3 Å². The van der Waals surface area contributed by atoms with Crippen LogP contribution >= 0.6 is 11.3 Å². The zero-order valence-corrected chi connectivity index (χ0v) is 12.2. The molecule has 110 valence electrons. The molecular weight excluding hydrogens is 292 g/mol. The fourth-order valence-corrected chi connectivity index (χ4v) is 4.23. The number of nitrogens with zero attached hydrogens (tertiary/aromatic N) is 1. The lowest BCUT2D eigenvalue weighted by Crippen LogP contribution is -2.47. The van der Waals surface area contributed by atoms with Gasteiger partial charge in [-0.15, -0.1) is 11.3 Å². The van der Waals surface area contributed by atoms with Crippen molar-refractivity contribution in [2.75, 3.05) is 0 Å². The molecule has 4 heterocycles. The van der Waals surface area contributed by atoms with Crippen LogP contribution in [0.25, 0.3) is 0 Å². The average molecular weight is 306 g/mol. The molecule has 3 aliphatic heterocycles. The minimum atomic E-state index is -0.422. The number of thiophene rings is 1. The molecule has 1 aromatic heterocycles. The SMILES string of the molecule is Cc1cc(C(=O)NN2C(=O)[C@@H]3[C@@H](C2=O)[C@@H]2CC[C@@H]3O2)cs1. The fraction of sp³-hybridized carbons (Fsp3) is 0.500. The van der Waals surface area contributed by atoms with Crippen LogP contribution in [0.3, 0.4) is 0 Å². The van der Waals surface area contributed by atoms with Gasteiger partial charge in [-0.05, 0) is 25.8 Å². The van der Waals surface area contributed by atoms with Crippen molar-refractivity contribution in [2.24, 2.45) is 11.8 Å². The van der Waals surface area contributed by atoms with Crippen molar-refractivity contribution in [3.63, 3.8) is 0 Å². The Kier molecular flexibility index (Phi) is 2.71. The van der Waals surface area contributed by atoms with E-state index in [0.29, 0.717) is 5.56 Å². The number of hydrazine groups is 1. The molecule has 0 aromatic carbocycles. The van der Waals surface area contributed by atoms with Crippen molar-refractivity contribution in [2.45, 2.75) is 32.0 Å². The predicted molar refractivity (Wildman–Crippen MR) is 73.3 cm³/mol. The molecule has 0 radical (unpaired) electrons. The smallest absolute Gasteiger partial charge is 0.271 e. The van der Waals surface area contributed by atoms with Crippen LogP contribution in [0.4, 0.5) is 0 Å². The van der Waals surface area contributed by atoms with Gasteiger partial charge in [-0.25, -0.2) is 0 Å². The first kappa shape index (κ1) is 13.0. The average Bonchev–Trinajstić information content (AvgIpc) is 3.19. The summed E-state index contributed by atoms with van der Waals surface area (Å²) in [6, 6.07) is 1.73. The van der Waals surface area contributed by atoms with E-state index in [1.54, 1.807) is 11.4 Å². The van der Waals surface area contributed by atoms with Gasteiger partial charge >= 0.3 is 0 Å². The topological polar surface area (TPSA) is 75.7 Å². The van der Waals surface area contributed by atoms with Crippen molar-refractivity contribution in [1.29, 1.82) is 0 Å². The first-order valence-corrected chi connectivity index (χ1v) is 7.83. The van der Waals surface area contributed by atoms with Crippen LogP contribution in [0.1, 0.15) is 28.1 Å². The summed E-state index contributed by atoms with van der Waals surface area (Å²) >= 11 is 1.45. The molecule has 0 aliphatic carbocycles. The van der Waals surface area contributed by atoms with Crippen LogP contribution in [0, 0.1) is 18.8 Å².